The lowest BCUT2D eigenvalue weighted by atomic mass is 9.89. The van der Waals surface area contributed by atoms with Crippen molar-refractivity contribution in [2.75, 3.05) is 19.7 Å². The number of nitrogens with two attached hydrogens (primary N) is 1. The molecular weight excluding hydrogens is 152 g/mol. The number of hydrogen-bond donors (Lipinski definition) is 2. The zero-order valence-electron chi connectivity index (χ0n) is 7.88. The molecular formula is C9H20N2O. The maximum atomic E-state index is 5.45. The number of hydrogen-bond acceptors (Lipinski definition) is 3. The predicted molar refractivity (Wildman–Crippen MR) is 50.1 cm³/mol. The van der Waals surface area contributed by atoms with E-state index in [0.717, 1.165) is 26.1 Å². The zero-order chi connectivity index (χ0) is 8.81. The molecule has 72 valence electrons. The van der Waals surface area contributed by atoms with E-state index in [4.69, 9.17) is 10.5 Å². The summed E-state index contributed by atoms with van der Waals surface area (Å²) in [6, 6.07) is 0.688. The molecule has 0 aromatic heterocycles. The standard InChI is InChI=1S/C9H20N2O/c1-2-12-9-6-8(7-9)11-5-3-4-10/h8-9,11H,2-7,10H2,1H3. The molecule has 1 rings (SSSR count). The van der Waals surface area contributed by atoms with Gasteiger partial charge in [0.1, 0.15) is 0 Å². The molecule has 0 bridgehead atoms. The summed E-state index contributed by atoms with van der Waals surface area (Å²) in [4.78, 5) is 0. The normalized spacial score (nSPS) is 28.5. The van der Waals surface area contributed by atoms with Crippen molar-refractivity contribution in [2.45, 2.75) is 38.3 Å². The average Bonchev–Trinajstić information content (AvgIpc) is 2.00. The van der Waals surface area contributed by atoms with Gasteiger partial charge < -0.3 is 15.8 Å². The van der Waals surface area contributed by atoms with Gasteiger partial charge in [-0.05, 0) is 39.3 Å². The van der Waals surface area contributed by atoms with Crippen molar-refractivity contribution in [1.29, 1.82) is 0 Å². The first-order chi connectivity index (χ1) is 5.86. The van der Waals surface area contributed by atoms with Gasteiger partial charge in [-0.1, -0.05) is 0 Å². The van der Waals surface area contributed by atoms with Crippen LogP contribution in [0, 0.1) is 0 Å². The molecule has 3 N–H and O–H groups in total. The summed E-state index contributed by atoms with van der Waals surface area (Å²) in [6.07, 6.45) is 3.96. The molecule has 3 heteroatoms. The highest BCUT2D eigenvalue weighted by Crippen LogP contribution is 2.22. The minimum absolute atomic E-state index is 0.519. The molecule has 0 aromatic carbocycles. The highest BCUT2D eigenvalue weighted by Gasteiger charge is 2.28. The molecule has 12 heavy (non-hydrogen) atoms. The van der Waals surface area contributed by atoms with Crippen LogP contribution in [-0.4, -0.2) is 31.8 Å². The van der Waals surface area contributed by atoms with Crippen LogP contribution in [0.2, 0.25) is 0 Å². The third-order valence-electron chi connectivity index (χ3n) is 2.31. The Morgan fingerprint density at radius 1 is 1.50 bits per heavy atom. The van der Waals surface area contributed by atoms with Crippen LogP contribution in [0.1, 0.15) is 26.2 Å². The maximum absolute atomic E-state index is 5.45. The fraction of sp³-hybridized carbons (Fsp3) is 1.00. The Labute approximate surface area is 74.7 Å². The smallest absolute Gasteiger partial charge is 0.0604 e. The predicted octanol–water partition coefficient (Wildman–Crippen LogP) is 0.492. The number of nitrogens with one attached hydrogen (secondary N) is 1. The van der Waals surface area contributed by atoms with Gasteiger partial charge in [0.25, 0.3) is 0 Å². The maximum Gasteiger partial charge on any atom is 0.0604 e. The third kappa shape index (κ3) is 3.09. The topological polar surface area (TPSA) is 47.3 Å². The Morgan fingerprint density at radius 3 is 2.83 bits per heavy atom. The lowest BCUT2D eigenvalue weighted by Crippen LogP contribution is -2.45. The zero-order valence-corrected chi connectivity index (χ0v) is 7.88. The Morgan fingerprint density at radius 2 is 2.25 bits per heavy atom. The molecule has 0 aromatic rings. The molecule has 3 nitrogen and oxygen atoms in total. The number of rotatable bonds is 6. The summed E-state index contributed by atoms with van der Waals surface area (Å²) < 4.78 is 5.45. The highest BCUT2D eigenvalue weighted by molar-refractivity contribution is 4.85. The SMILES string of the molecule is CCOC1CC(NCCCN)C1. The van der Waals surface area contributed by atoms with Gasteiger partial charge in [-0.15, -0.1) is 0 Å². The third-order valence-corrected chi connectivity index (χ3v) is 2.31. The van der Waals surface area contributed by atoms with Crippen LogP contribution in [0.4, 0.5) is 0 Å². The van der Waals surface area contributed by atoms with E-state index in [9.17, 15) is 0 Å². The van der Waals surface area contributed by atoms with E-state index in [1.165, 1.54) is 12.8 Å². The van der Waals surface area contributed by atoms with E-state index in [-0.39, 0.29) is 0 Å². The Balaban J connectivity index is 1.88. The Hall–Kier alpha value is -0.120. The lowest BCUT2D eigenvalue weighted by molar-refractivity contribution is -0.00969. The largest absolute Gasteiger partial charge is 0.378 e. The highest BCUT2D eigenvalue weighted by atomic mass is 16.5. The van der Waals surface area contributed by atoms with Crippen LogP contribution in [0.15, 0.2) is 0 Å². The van der Waals surface area contributed by atoms with Gasteiger partial charge in [0, 0.05) is 12.6 Å². The van der Waals surface area contributed by atoms with E-state index in [1.807, 2.05) is 0 Å². The summed E-state index contributed by atoms with van der Waals surface area (Å²) in [5, 5.41) is 3.45. The van der Waals surface area contributed by atoms with Crippen molar-refractivity contribution in [3.8, 4) is 0 Å². The molecule has 1 aliphatic carbocycles. The molecule has 0 spiro atoms. The van der Waals surface area contributed by atoms with Gasteiger partial charge in [-0.3, -0.25) is 0 Å². The van der Waals surface area contributed by atoms with Crippen LogP contribution >= 0.6 is 0 Å². The Bertz CT molecular complexity index is 110. The van der Waals surface area contributed by atoms with Crippen molar-refractivity contribution in [2.24, 2.45) is 5.73 Å². The van der Waals surface area contributed by atoms with E-state index in [0.29, 0.717) is 12.1 Å². The first-order valence-corrected chi connectivity index (χ1v) is 4.91. The molecule has 1 fully saturated rings. The fourth-order valence-electron chi connectivity index (χ4n) is 1.51. The second-order valence-corrected chi connectivity index (χ2v) is 3.34. The van der Waals surface area contributed by atoms with Gasteiger partial charge in [-0.2, -0.15) is 0 Å². The first kappa shape index (κ1) is 9.96. The molecule has 0 amide bonds. The van der Waals surface area contributed by atoms with Crippen LogP contribution in [0.3, 0.4) is 0 Å². The second kappa shape index (κ2) is 5.51. The van der Waals surface area contributed by atoms with Crippen LogP contribution < -0.4 is 11.1 Å². The summed E-state index contributed by atoms with van der Waals surface area (Å²) >= 11 is 0. The fourth-order valence-corrected chi connectivity index (χ4v) is 1.51. The molecule has 0 heterocycles. The van der Waals surface area contributed by atoms with Crippen molar-refractivity contribution >= 4 is 0 Å². The van der Waals surface area contributed by atoms with Gasteiger partial charge in [0.15, 0.2) is 0 Å². The molecule has 0 aliphatic heterocycles. The van der Waals surface area contributed by atoms with E-state index < -0.39 is 0 Å². The van der Waals surface area contributed by atoms with E-state index in [2.05, 4.69) is 12.2 Å². The van der Waals surface area contributed by atoms with Crippen molar-refractivity contribution in [3.63, 3.8) is 0 Å². The summed E-state index contributed by atoms with van der Waals surface area (Å²) in [5.41, 5.74) is 5.38. The van der Waals surface area contributed by atoms with Crippen molar-refractivity contribution in [3.05, 3.63) is 0 Å². The monoisotopic (exact) mass is 172 g/mol. The van der Waals surface area contributed by atoms with E-state index in [1.54, 1.807) is 0 Å². The van der Waals surface area contributed by atoms with Crippen molar-refractivity contribution < 1.29 is 4.74 Å². The van der Waals surface area contributed by atoms with Gasteiger partial charge in [0.2, 0.25) is 0 Å². The minimum Gasteiger partial charge on any atom is -0.378 e. The second-order valence-electron chi connectivity index (χ2n) is 3.34. The van der Waals surface area contributed by atoms with Crippen LogP contribution in [-0.2, 0) is 4.74 Å². The molecule has 0 radical (unpaired) electrons. The van der Waals surface area contributed by atoms with Crippen LogP contribution in [0.25, 0.3) is 0 Å². The quantitative estimate of drug-likeness (QED) is 0.573. The molecule has 0 saturated heterocycles. The molecule has 1 saturated carbocycles. The summed E-state index contributed by atoms with van der Waals surface area (Å²) in [6.45, 7) is 4.74. The van der Waals surface area contributed by atoms with Gasteiger partial charge in [-0.25, -0.2) is 0 Å². The lowest BCUT2D eigenvalue weighted by Gasteiger charge is -2.35. The van der Waals surface area contributed by atoms with E-state index >= 15 is 0 Å². The van der Waals surface area contributed by atoms with Crippen LogP contribution in [0.5, 0.6) is 0 Å². The molecule has 0 atom stereocenters. The molecule has 0 unspecified atom stereocenters. The van der Waals surface area contributed by atoms with Gasteiger partial charge >= 0.3 is 0 Å². The van der Waals surface area contributed by atoms with Gasteiger partial charge in [0.05, 0.1) is 6.10 Å². The first-order valence-electron chi connectivity index (χ1n) is 4.91. The molecule has 1 aliphatic rings. The van der Waals surface area contributed by atoms with Crippen molar-refractivity contribution in [1.82, 2.24) is 5.32 Å². The summed E-state index contributed by atoms with van der Waals surface area (Å²) in [5.74, 6) is 0. The number of ether oxygens (including phenoxy) is 1. The summed E-state index contributed by atoms with van der Waals surface area (Å²) in [7, 11) is 0. The Kier molecular flexibility index (Phi) is 4.58. The average molecular weight is 172 g/mol. The minimum atomic E-state index is 0.519.